The molecule has 0 aromatic heterocycles. The molecule has 8 nitrogen and oxygen atoms in total. The van der Waals surface area contributed by atoms with Crippen LogP contribution >= 0.6 is 0 Å². The Morgan fingerprint density at radius 3 is 2.23 bits per heavy atom. The minimum absolute atomic E-state index is 0.00299. The van der Waals surface area contributed by atoms with Crippen LogP contribution in [0, 0.1) is 0 Å². The second kappa shape index (κ2) is 9.14. The number of rotatable bonds is 9. The number of para-hydroxylation sites is 1. The molecule has 0 radical (unpaired) electrons. The molecule has 0 saturated carbocycles. The van der Waals surface area contributed by atoms with E-state index in [9.17, 15) is 14.7 Å². The lowest BCUT2D eigenvalue weighted by molar-refractivity contribution is -0.339. The van der Waals surface area contributed by atoms with E-state index in [1.54, 1.807) is 38.1 Å². The van der Waals surface area contributed by atoms with Crippen molar-refractivity contribution in [3.63, 3.8) is 0 Å². The molecule has 0 fully saturated rings. The Morgan fingerprint density at radius 2 is 1.69 bits per heavy atom. The molecule has 4 N–H and O–H groups in total. The molecule has 0 amide bonds. The average Bonchev–Trinajstić information content (AvgIpc) is 2.64. The van der Waals surface area contributed by atoms with E-state index in [0.29, 0.717) is 5.69 Å². The Labute approximate surface area is 151 Å². The van der Waals surface area contributed by atoms with Gasteiger partial charge in [-0.25, -0.2) is 9.68 Å². The molecule has 0 heterocycles. The first-order valence-corrected chi connectivity index (χ1v) is 8.36. The summed E-state index contributed by atoms with van der Waals surface area (Å²) >= 11 is 0. The summed E-state index contributed by atoms with van der Waals surface area (Å²) in [4.78, 5) is 36.4. The molecule has 0 unspecified atom stereocenters. The first-order valence-electron chi connectivity index (χ1n) is 8.36. The third-order valence-electron chi connectivity index (χ3n) is 3.60. The minimum Gasteiger partial charge on any atom is -0.396 e. The molecule has 0 aliphatic heterocycles. The fourth-order valence-corrected chi connectivity index (χ4v) is 2.49. The molecular formula is C18H23N3O5. The number of nitrogens with one attached hydrogen (secondary N) is 1. The number of hydrogen-bond acceptors (Lipinski definition) is 8. The summed E-state index contributed by atoms with van der Waals surface area (Å²) in [5.41, 5.74) is 6.24. The zero-order chi connectivity index (χ0) is 19.1. The van der Waals surface area contributed by atoms with Crippen LogP contribution in [-0.2, 0) is 19.3 Å². The molecule has 1 aliphatic carbocycles. The third-order valence-corrected chi connectivity index (χ3v) is 3.60. The van der Waals surface area contributed by atoms with Crippen molar-refractivity contribution in [1.29, 1.82) is 0 Å². The van der Waals surface area contributed by atoms with Gasteiger partial charge in [0.25, 0.3) is 0 Å². The number of aliphatic hydroxyl groups excluding tert-OH is 1. The zero-order valence-corrected chi connectivity index (χ0v) is 14.8. The number of benzene rings is 1. The van der Waals surface area contributed by atoms with E-state index in [1.807, 2.05) is 6.07 Å². The van der Waals surface area contributed by atoms with Gasteiger partial charge >= 0.3 is 0 Å². The molecule has 26 heavy (non-hydrogen) atoms. The highest BCUT2D eigenvalue weighted by Gasteiger charge is 2.37. The molecule has 2 rings (SSSR count). The van der Waals surface area contributed by atoms with Gasteiger partial charge in [0.2, 0.25) is 11.6 Å². The summed E-state index contributed by atoms with van der Waals surface area (Å²) in [5, 5.41) is 13.1. The lowest BCUT2D eigenvalue weighted by Gasteiger charge is -2.28. The molecular weight excluding hydrogens is 338 g/mol. The van der Waals surface area contributed by atoms with Crippen LogP contribution in [0.3, 0.4) is 0 Å². The molecule has 0 atom stereocenters. The molecule has 0 bridgehead atoms. The van der Waals surface area contributed by atoms with Gasteiger partial charge in [-0.15, -0.1) is 5.23 Å². The van der Waals surface area contributed by atoms with Crippen LogP contribution in [-0.4, -0.2) is 41.7 Å². The summed E-state index contributed by atoms with van der Waals surface area (Å²) in [6.45, 7) is 3.57. The number of hydrogen-bond donors (Lipinski definition) is 3. The van der Waals surface area contributed by atoms with Crippen molar-refractivity contribution in [1.82, 2.24) is 5.23 Å². The highest BCUT2D eigenvalue weighted by molar-refractivity contribution is 6.25. The van der Waals surface area contributed by atoms with Crippen molar-refractivity contribution in [2.75, 3.05) is 25.1 Å². The number of hydroxylamine groups is 2. The number of ketones is 2. The Kier molecular flexibility index (Phi) is 6.90. The second-order valence-corrected chi connectivity index (χ2v) is 5.33. The highest BCUT2D eigenvalue weighted by Crippen LogP contribution is 2.28. The van der Waals surface area contributed by atoms with Crippen LogP contribution in [0.1, 0.15) is 20.3 Å². The van der Waals surface area contributed by atoms with Gasteiger partial charge in [-0.1, -0.05) is 18.2 Å². The van der Waals surface area contributed by atoms with Gasteiger partial charge in [-0.3, -0.25) is 9.59 Å². The predicted octanol–water partition coefficient (Wildman–Crippen LogP) is 1.26. The Bertz CT molecular complexity index is 722. The van der Waals surface area contributed by atoms with Gasteiger partial charge in [0.15, 0.2) is 5.70 Å². The van der Waals surface area contributed by atoms with E-state index >= 15 is 0 Å². The number of aliphatic hydroxyl groups is 1. The summed E-state index contributed by atoms with van der Waals surface area (Å²) in [7, 11) is 0. The zero-order valence-electron chi connectivity index (χ0n) is 14.8. The van der Waals surface area contributed by atoms with Crippen LogP contribution in [0.25, 0.3) is 0 Å². The molecule has 1 aromatic rings. The van der Waals surface area contributed by atoms with Gasteiger partial charge in [0, 0.05) is 24.3 Å². The number of anilines is 1. The van der Waals surface area contributed by atoms with E-state index in [2.05, 4.69) is 5.32 Å². The average molecular weight is 361 g/mol. The smallest absolute Gasteiger partial charge is 0.232 e. The lowest BCUT2D eigenvalue weighted by atomic mass is 9.92. The fraction of sp³-hybridized carbons (Fsp3) is 0.333. The first kappa shape index (κ1) is 19.6. The Morgan fingerprint density at radius 1 is 1.08 bits per heavy atom. The van der Waals surface area contributed by atoms with Crippen molar-refractivity contribution in [3.05, 3.63) is 53.0 Å². The van der Waals surface area contributed by atoms with Crippen molar-refractivity contribution in [2.45, 2.75) is 20.3 Å². The van der Waals surface area contributed by atoms with Gasteiger partial charge in [0.05, 0.1) is 18.9 Å². The monoisotopic (exact) mass is 361 g/mol. The van der Waals surface area contributed by atoms with Gasteiger partial charge in [0.1, 0.15) is 5.70 Å². The summed E-state index contributed by atoms with van der Waals surface area (Å²) in [6.07, 6.45) is -0.00299. The van der Waals surface area contributed by atoms with E-state index in [0.717, 1.165) is 5.23 Å². The van der Waals surface area contributed by atoms with Crippen LogP contribution in [0.4, 0.5) is 5.69 Å². The fourth-order valence-electron chi connectivity index (χ4n) is 2.49. The number of nitrogens with two attached hydrogens (primary N) is 1. The van der Waals surface area contributed by atoms with Gasteiger partial charge in [-0.2, -0.15) is 0 Å². The number of nitrogens with zero attached hydrogens (tertiary/aromatic N) is 1. The minimum atomic E-state index is -0.545. The maximum Gasteiger partial charge on any atom is 0.232 e. The van der Waals surface area contributed by atoms with Crippen molar-refractivity contribution >= 4 is 17.3 Å². The van der Waals surface area contributed by atoms with Crippen molar-refractivity contribution in [3.8, 4) is 0 Å². The SMILES string of the molecule is CCON(OCC)C1=C(N)C(=O)C(CCO)=C(Nc2ccccc2)C1=O. The van der Waals surface area contributed by atoms with Crippen LogP contribution in [0.15, 0.2) is 53.0 Å². The second-order valence-electron chi connectivity index (χ2n) is 5.33. The molecule has 8 heteroatoms. The summed E-state index contributed by atoms with van der Waals surface area (Å²) in [5.74, 6) is -1.09. The highest BCUT2D eigenvalue weighted by atomic mass is 16.9. The van der Waals surface area contributed by atoms with E-state index in [4.69, 9.17) is 15.4 Å². The number of Topliss-reactive ketones (excluding diaryl/α,β-unsaturated/α-hetero) is 2. The maximum atomic E-state index is 13.1. The summed E-state index contributed by atoms with van der Waals surface area (Å²) < 4.78 is 0. The lowest BCUT2D eigenvalue weighted by Crippen LogP contribution is -2.39. The third kappa shape index (κ3) is 4.10. The topological polar surface area (TPSA) is 114 Å². The van der Waals surface area contributed by atoms with Crippen LogP contribution < -0.4 is 11.1 Å². The first-order chi connectivity index (χ1) is 12.5. The van der Waals surface area contributed by atoms with E-state index < -0.39 is 11.6 Å². The molecule has 0 spiro atoms. The van der Waals surface area contributed by atoms with Gasteiger partial charge in [-0.05, 0) is 26.0 Å². The van der Waals surface area contributed by atoms with E-state index in [-0.39, 0.29) is 48.9 Å². The quantitative estimate of drug-likeness (QED) is 0.445. The Balaban J connectivity index is 2.48. The van der Waals surface area contributed by atoms with Crippen molar-refractivity contribution < 1.29 is 24.4 Å². The van der Waals surface area contributed by atoms with E-state index in [1.165, 1.54) is 0 Å². The number of carbonyl (C=O) groups excluding carboxylic acids is 2. The predicted molar refractivity (Wildman–Crippen MR) is 95.1 cm³/mol. The normalized spacial score (nSPS) is 14.9. The Hall–Kier alpha value is -2.68. The van der Waals surface area contributed by atoms with Crippen LogP contribution in [0.5, 0.6) is 0 Å². The largest absolute Gasteiger partial charge is 0.396 e. The molecule has 1 aromatic carbocycles. The maximum absolute atomic E-state index is 13.1. The molecule has 0 saturated heterocycles. The van der Waals surface area contributed by atoms with Crippen molar-refractivity contribution in [2.24, 2.45) is 5.73 Å². The number of allylic oxidation sites excluding steroid dienone is 1. The standard InChI is InChI=1S/C18H23N3O5/c1-3-25-21(26-4-2)16-14(19)17(23)13(10-11-22)15(18(16)24)20-12-8-6-5-7-9-12/h5-9,20,22H,3-4,10-11,19H2,1-2H3. The molecule has 140 valence electrons. The van der Waals surface area contributed by atoms with Gasteiger partial charge < -0.3 is 16.2 Å². The molecule has 1 aliphatic rings. The summed E-state index contributed by atoms with van der Waals surface area (Å²) in [6, 6.07) is 8.93. The number of carbonyl (C=O) groups is 2. The van der Waals surface area contributed by atoms with Crippen LogP contribution in [0.2, 0.25) is 0 Å².